The second-order valence-electron chi connectivity index (χ2n) is 2.87. The molecule has 0 aromatic heterocycles. The van der Waals surface area contributed by atoms with Crippen molar-refractivity contribution in [1.29, 1.82) is 0 Å². The Hall–Kier alpha value is -1.04. The summed E-state index contributed by atoms with van der Waals surface area (Å²) in [5.41, 5.74) is 0. The van der Waals surface area contributed by atoms with Crippen LogP contribution in [0.3, 0.4) is 0 Å². The van der Waals surface area contributed by atoms with Gasteiger partial charge in [-0.3, -0.25) is 0 Å². The summed E-state index contributed by atoms with van der Waals surface area (Å²) in [5, 5.41) is 0. The van der Waals surface area contributed by atoms with Crippen LogP contribution in [0, 0.1) is 0 Å². The van der Waals surface area contributed by atoms with Crippen LogP contribution in [-0.4, -0.2) is 0 Å². The van der Waals surface area contributed by atoms with Crippen molar-refractivity contribution in [2.24, 2.45) is 0 Å². The molecule has 0 saturated heterocycles. The molecule has 0 unspecified atom stereocenters. The lowest BCUT2D eigenvalue weighted by atomic mass is 10.2. The quantitative estimate of drug-likeness (QED) is 0.473. The van der Waals surface area contributed by atoms with Gasteiger partial charge in [-0.1, -0.05) is 48.6 Å². The average molecular weight is 160 g/mol. The standard InChI is InChI=1S/C12H16/c1-2-4-6-8-10-12-11-9-7-5-3-1/h1-6,11-12H,7-10H2/b2-1-,5-3+,6-4+,12-11+. The number of hydrogen-bond acceptors (Lipinski definition) is 0. The average Bonchev–Trinajstić information content (AvgIpc) is 2.05. The Balaban J connectivity index is 2.42. The van der Waals surface area contributed by atoms with Crippen LogP contribution in [0.1, 0.15) is 25.7 Å². The van der Waals surface area contributed by atoms with Crippen molar-refractivity contribution in [1.82, 2.24) is 0 Å². The fraction of sp³-hybridized carbons (Fsp3) is 0.333. The van der Waals surface area contributed by atoms with E-state index < -0.39 is 0 Å². The highest BCUT2D eigenvalue weighted by Crippen LogP contribution is 1.99. The summed E-state index contributed by atoms with van der Waals surface area (Å²) in [6.07, 6.45) is 22.0. The molecule has 0 atom stereocenters. The molecule has 0 heterocycles. The van der Waals surface area contributed by atoms with Gasteiger partial charge in [-0.05, 0) is 25.7 Å². The fourth-order valence-electron chi connectivity index (χ4n) is 1.10. The maximum atomic E-state index is 2.27. The van der Waals surface area contributed by atoms with E-state index in [0.29, 0.717) is 0 Å². The lowest BCUT2D eigenvalue weighted by Gasteiger charge is -1.89. The predicted molar refractivity (Wildman–Crippen MR) is 55.0 cm³/mol. The molecule has 0 spiro atoms. The van der Waals surface area contributed by atoms with Gasteiger partial charge in [-0.2, -0.15) is 0 Å². The second kappa shape index (κ2) is 6.66. The molecule has 0 amide bonds. The van der Waals surface area contributed by atoms with Crippen molar-refractivity contribution in [2.75, 3.05) is 0 Å². The summed E-state index contributed by atoms with van der Waals surface area (Å²) in [6, 6.07) is 0. The fourth-order valence-corrected chi connectivity index (χ4v) is 1.10. The van der Waals surface area contributed by atoms with Crippen LogP contribution >= 0.6 is 0 Å². The van der Waals surface area contributed by atoms with Crippen molar-refractivity contribution in [3.05, 3.63) is 48.6 Å². The lowest BCUT2D eigenvalue weighted by molar-refractivity contribution is 1.00. The van der Waals surface area contributed by atoms with Gasteiger partial charge < -0.3 is 0 Å². The maximum Gasteiger partial charge on any atom is -0.0313 e. The molecule has 0 nitrogen and oxygen atoms in total. The van der Waals surface area contributed by atoms with Gasteiger partial charge in [0.05, 0.1) is 0 Å². The summed E-state index contributed by atoms with van der Waals surface area (Å²) in [4.78, 5) is 0. The van der Waals surface area contributed by atoms with E-state index in [-0.39, 0.29) is 0 Å². The maximum absolute atomic E-state index is 2.27. The summed E-state index contributed by atoms with van der Waals surface area (Å²) >= 11 is 0. The van der Waals surface area contributed by atoms with Crippen LogP contribution in [0.4, 0.5) is 0 Å². The molecule has 0 bridgehead atoms. The molecule has 0 fully saturated rings. The van der Waals surface area contributed by atoms with E-state index in [1.807, 2.05) is 0 Å². The minimum Gasteiger partial charge on any atom is -0.0882 e. The molecule has 1 aliphatic carbocycles. The zero-order valence-corrected chi connectivity index (χ0v) is 7.45. The first kappa shape index (κ1) is 9.05. The Morgan fingerprint density at radius 3 is 1.33 bits per heavy atom. The zero-order chi connectivity index (χ0) is 8.49. The highest BCUT2D eigenvalue weighted by molar-refractivity contribution is 5.11. The first-order valence-corrected chi connectivity index (χ1v) is 4.63. The predicted octanol–water partition coefficient (Wildman–Crippen LogP) is 3.79. The molecule has 0 radical (unpaired) electrons. The highest BCUT2D eigenvalue weighted by atomic mass is 13.9. The molecule has 0 aromatic carbocycles. The molecule has 0 aliphatic heterocycles. The van der Waals surface area contributed by atoms with E-state index >= 15 is 0 Å². The van der Waals surface area contributed by atoms with Crippen molar-refractivity contribution in [2.45, 2.75) is 25.7 Å². The third-order valence-electron chi connectivity index (χ3n) is 1.77. The number of allylic oxidation sites excluding steroid dienone is 8. The summed E-state index contributed by atoms with van der Waals surface area (Å²) in [5.74, 6) is 0. The van der Waals surface area contributed by atoms with Crippen LogP contribution in [-0.2, 0) is 0 Å². The largest absolute Gasteiger partial charge is 0.0882 e. The Labute approximate surface area is 75.0 Å². The van der Waals surface area contributed by atoms with Gasteiger partial charge in [0.1, 0.15) is 0 Å². The van der Waals surface area contributed by atoms with Gasteiger partial charge in [0.25, 0.3) is 0 Å². The Morgan fingerprint density at radius 2 is 0.833 bits per heavy atom. The van der Waals surface area contributed by atoms with E-state index in [1.165, 1.54) is 12.8 Å². The Bertz CT molecular complexity index is 182. The van der Waals surface area contributed by atoms with Crippen molar-refractivity contribution < 1.29 is 0 Å². The molecule has 1 rings (SSSR count). The normalized spacial score (nSPS) is 29.3. The van der Waals surface area contributed by atoms with Gasteiger partial charge in [0.15, 0.2) is 0 Å². The molecular formula is C12H16. The molecular weight excluding hydrogens is 144 g/mol. The summed E-state index contributed by atoms with van der Waals surface area (Å²) < 4.78 is 0. The minimum absolute atomic E-state index is 1.16. The van der Waals surface area contributed by atoms with Gasteiger partial charge in [-0.25, -0.2) is 0 Å². The molecule has 0 saturated carbocycles. The third-order valence-corrected chi connectivity index (χ3v) is 1.77. The topological polar surface area (TPSA) is 0 Å². The van der Waals surface area contributed by atoms with Crippen molar-refractivity contribution in [3.63, 3.8) is 0 Å². The van der Waals surface area contributed by atoms with Gasteiger partial charge in [0.2, 0.25) is 0 Å². The zero-order valence-electron chi connectivity index (χ0n) is 7.45. The van der Waals surface area contributed by atoms with Crippen LogP contribution in [0.15, 0.2) is 48.6 Å². The Morgan fingerprint density at radius 1 is 0.417 bits per heavy atom. The first-order chi connectivity index (χ1) is 6.00. The minimum atomic E-state index is 1.16. The summed E-state index contributed by atoms with van der Waals surface area (Å²) in [7, 11) is 0. The van der Waals surface area contributed by atoms with E-state index in [0.717, 1.165) is 12.8 Å². The molecule has 0 N–H and O–H groups in total. The van der Waals surface area contributed by atoms with Gasteiger partial charge in [0, 0.05) is 0 Å². The monoisotopic (exact) mass is 160 g/mol. The van der Waals surface area contributed by atoms with Gasteiger partial charge in [-0.15, -0.1) is 0 Å². The molecule has 0 aromatic rings. The van der Waals surface area contributed by atoms with Crippen LogP contribution < -0.4 is 0 Å². The second-order valence-corrected chi connectivity index (χ2v) is 2.87. The highest BCUT2D eigenvalue weighted by Gasteiger charge is 1.78. The van der Waals surface area contributed by atoms with E-state index in [2.05, 4.69) is 48.6 Å². The lowest BCUT2D eigenvalue weighted by Crippen LogP contribution is -1.68. The molecule has 0 heteroatoms. The van der Waals surface area contributed by atoms with Crippen LogP contribution in [0.5, 0.6) is 0 Å². The van der Waals surface area contributed by atoms with Crippen LogP contribution in [0.25, 0.3) is 0 Å². The van der Waals surface area contributed by atoms with E-state index in [9.17, 15) is 0 Å². The smallest absolute Gasteiger partial charge is 0.0313 e. The number of hydrogen-bond donors (Lipinski definition) is 0. The molecule has 12 heavy (non-hydrogen) atoms. The van der Waals surface area contributed by atoms with Crippen molar-refractivity contribution >= 4 is 0 Å². The van der Waals surface area contributed by atoms with Crippen LogP contribution in [0.2, 0.25) is 0 Å². The van der Waals surface area contributed by atoms with Crippen molar-refractivity contribution in [3.8, 4) is 0 Å². The molecule has 1 aliphatic rings. The first-order valence-electron chi connectivity index (χ1n) is 4.63. The summed E-state index contributed by atoms with van der Waals surface area (Å²) in [6.45, 7) is 0. The Kier molecular flexibility index (Phi) is 5.02. The third kappa shape index (κ3) is 4.73. The van der Waals surface area contributed by atoms with Gasteiger partial charge >= 0.3 is 0 Å². The van der Waals surface area contributed by atoms with E-state index in [4.69, 9.17) is 0 Å². The SMILES string of the molecule is C1=C\C=C\CC/C=C/CC/C=C/1. The number of rotatable bonds is 0. The molecule has 64 valence electrons. The van der Waals surface area contributed by atoms with E-state index in [1.54, 1.807) is 0 Å².